The van der Waals surface area contributed by atoms with E-state index in [2.05, 4.69) is 10.6 Å². The number of hydrogen-bond acceptors (Lipinski definition) is 4. The number of ether oxygens (including phenoxy) is 1. The molecule has 0 radical (unpaired) electrons. The van der Waals surface area contributed by atoms with Gasteiger partial charge in [-0.25, -0.2) is 0 Å². The largest absolute Gasteiger partial charge is 0.496 e. The minimum atomic E-state index is -0.219. The van der Waals surface area contributed by atoms with Crippen LogP contribution in [0.2, 0.25) is 0 Å². The van der Waals surface area contributed by atoms with Gasteiger partial charge in [0.05, 0.1) is 17.9 Å². The first-order valence-electron chi connectivity index (χ1n) is 9.83. The summed E-state index contributed by atoms with van der Waals surface area (Å²) < 4.78 is 5.47. The van der Waals surface area contributed by atoms with Crippen LogP contribution < -0.4 is 10.6 Å². The standard InChI is InChI=1S/C21H28N2O3S/c1-15-19(27-14-13-26-15)21(25)23-18-12-8-7-11-17(18)20(24)22-16-9-5-3-2-4-6-10-16/h7-8,11-12,16H,2-6,9-10,13-14H2,1H3,(H,22,24)(H,23,25). The molecule has 5 nitrogen and oxygen atoms in total. The van der Waals surface area contributed by atoms with Crippen molar-refractivity contribution in [2.24, 2.45) is 0 Å². The summed E-state index contributed by atoms with van der Waals surface area (Å²) in [5.74, 6) is 1.06. The second-order valence-electron chi connectivity index (χ2n) is 7.10. The van der Waals surface area contributed by atoms with Gasteiger partial charge in [-0.15, -0.1) is 11.8 Å². The summed E-state index contributed by atoms with van der Waals surface area (Å²) in [5, 5.41) is 6.07. The number of thioether (sulfide) groups is 1. The lowest BCUT2D eigenvalue weighted by atomic mass is 9.96. The Morgan fingerprint density at radius 1 is 1.04 bits per heavy atom. The van der Waals surface area contributed by atoms with Gasteiger partial charge in [0.25, 0.3) is 11.8 Å². The summed E-state index contributed by atoms with van der Waals surface area (Å²) in [6.07, 6.45) is 8.16. The second kappa shape index (κ2) is 9.83. The Labute approximate surface area is 165 Å². The highest BCUT2D eigenvalue weighted by Gasteiger charge is 2.22. The first kappa shape index (κ1) is 19.8. The minimum absolute atomic E-state index is 0.116. The summed E-state index contributed by atoms with van der Waals surface area (Å²) in [6.45, 7) is 2.42. The maximum atomic E-state index is 12.8. The van der Waals surface area contributed by atoms with E-state index in [0.29, 0.717) is 28.5 Å². The van der Waals surface area contributed by atoms with E-state index in [1.807, 2.05) is 12.1 Å². The van der Waals surface area contributed by atoms with Gasteiger partial charge in [-0.2, -0.15) is 0 Å². The van der Waals surface area contributed by atoms with Crippen LogP contribution in [-0.2, 0) is 9.53 Å². The highest BCUT2D eigenvalue weighted by molar-refractivity contribution is 8.04. The van der Waals surface area contributed by atoms with Gasteiger partial charge in [-0.3, -0.25) is 9.59 Å². The van der Waals surface area contributed by atoms with Crippen molar-refractivity contribution in [3.05, 3.63) is 40.5 Å². The van der Waals surface area contributed by atoms with E-state index in [0.717, 1.165) is 31.4 Å². The van der Waals surface area contributed by atoms with Gasteiger partial charge in [-0.1, -0.05) is 44.2 Å². The fraction of sp³-hybridized carbons (Fsp3) is 0.524. The Bertz CT molecular complexity index is 709. The van der Waals surface area contributed by atoms with Crippen molar-refractivity contribution in [1.82, 2.24) is 5.32 Å². The summed E-state index contributed by atoms with van der Waals surface area (Å²) in [7, 11) is 0. The molecule has 2 aliphatic rings. The monoisotopic (exact) mass is 388 g/mol. The maximum absolute atomic E-state index is 12.8. The normalized spacial score (nSPS) is 18.9. The molecule has 1 aromatic carbocycles. The van der Waals surface area contributed by atoms with Gasteiger partial charge in [0.1, 0.15) is 10.7 Å². The molecule has 0 spiro atoms. The smallest absolute Gasteiger partial charge is 0.265 e. The molecule has 1 aliphatic heterocycles. The first-order chi connectivity index (χ1) is 13.1. The van der Waals surface area contributed by atoms with Gasteiger partial charge < -0.3 is 15.4 Å². The predicted octanol–water partition coefficient (Wildman–Crippen LogP) is 4.46. The van der Waals surface area contributed by atoms with Crippen molar-refractivity contribution in [2.75, 3.05) is 17.7 Å². The van der Waals surface area contributed by atoms with Gasteiger partial charge in [0.2, 0.25) is 0 Å². The number of anilines is 1. The van der Waals surface area contributed by atoms with Crippen LogP contribution in [0.25, 0.3) is 0 Å². The van der Waals surface area contributed by atoms with Crippen molar-refractivity contribution in [3.63, 3.8) is 0 Å². The number of nitrogens with one attached hydrogen (secondary N) is 2. The second-order valence-corrected chi connectivity index (χ2v) is 8.20. The third kappa shape index (κ3) is 5.51. The molecule has 0 aromatic heterocycles. The predicted molar refractivity (Wildman–Crippen MR) is 110 cm³/mol. The van der Waals surface area contributed by atoms with Gasteiger partial charge >= 0.3 is 0 Å². The Hall–Kier alpha value is -1.95. The van der Waals surface area contributed by atoms with Crippen LogP contribution in [0.3, 0.4) is 0 Å². The van der Waals surface area contributed by atoms with E-state index in [-0.39, 0.29) is 17.9 Å². The topological polar surface area (TPSA) is 67.4 Å². The molecular weight excluding hydrogens is 360 g/mol. The maximum Gasteiger partial charge on any atom is 0.265 e. The SMILES string of the molecule is CC1=C(C(=O)Nc2ccccc2C(=O)NC2CCCCCCC2)SCCO1. The molecule has 0 bridgehead atoms. The average Bonchev–Trinajstić information content (AvgIpc) is 2.64. The molecule has 1 fully saturated rings. The number of benzene rings is 1. The zero-order chi connectivity index (χ0) is 19.1. The zero-order valence-corrected chi connectivity index (χ0v) is 16.7. The Balaban J connectivity index is 1.69. The van der Waals surface area contributed by atoms with Crippen molar-refractivity contribution in [3.8, 4) is 0 Å². The number of rotatable bonds is 4. The summed E-state index contributed by atoms with van der Waals surface area (Å²) >= 11 is 1.49. The molecule has 27 heavy (non-hydrogen) atoms. The fourth-order valence-corrected chi connectivity index (χ4v) is 4.38. The van der Waals surface area contributed by atoms with E-state index in [1.54, 1.807) is 19.1 Å². The number of carbonyl (C=O) groups is 2. The van der Waals surface area contributed by atoms with Crippen molar-refractivity contribution in [1.29, 1.82) is 0 Å². The van der Waals surface area contributed by atoms with E-state index in [4.69, 9.17) is 4.74 Å². The molecule has 2 amide bonds. The molecule has 0 atom stereocenters. The van der Waals surface area contributed by atoms with Crippen LogP contribution in [-0.4, -0.2) is 30.2 Å². The number of carbonyl (C=O) groups excluding carboxylic acids is 2. The molecule has 3 rings (SSSR count). The lowest BCUT2D eigenvalue weighted by Gasteiger charge is -2.22. The summed E-state index contributed by atoms with van der Waals surface area (Å²) in [5.41, 5.74) is 1.05. The third-order valence-electron chi connectivity index (χ3n) is 5.03. The van der Waals surface area contributed by atoms with E-state index in [1.165, 1.54) is 31.0 Å². The number of hydrogen-bond donors (Lipinski definition) is 2. The highest BCUT2D eigenvalue weighted by Crippen LogP contribution is 2.27. The molecule has 1 saturated carbocycles. The van der Waals surface area contributed by atoms with Gasteiger partial charge in [0.15, 0.2) is 0 Å². The Morgan fingerprint density at radius 2 is 1.74 bits per heavy atom. The average molecular weight is 389 g/mol. The quantitative estimate of drug-likeness (QED) is 0.799. The first-order valence-corrected chi connectivity index (χ1v) is 10.8. The van der Waals surface area contributed by atoms with Crippen LogP contribution in [0.4, 0.5) is 5.69 Å². The van der Waals surface area contributed by atoms with E-state index in [9.17, 15) is 9.59 Å². The van der Waals surface area contributed by atoms with Crippen LogP contribution in [0.5, 0.6) is 0 Å². The summed E-state index contributed by atoms with van der Waals surface area (Å²) in [6, 6.07) is 7.41. The number of allylic oxidation sites excluding steroid dienone is 1. The van der Waals surface area contributed by atoms with Crippen LogP contribution in [0.15, 0.2) is 34.9 Å². The van der Waals surface area contributed by atoms with E-state index >= 15 is 0 Å². The van der Waals surface area contributed by atoms with Crippen molar-refractivity contribution >= 4 is 29.3 Å². The highest BCUT2D eigenvalue weighted by atomic mass is 32.2. The molecule has 0 saturated heterocycles. The Morgan fingerprint density at radius 3 is 2.48 bits per heavy atom. The zero-order valence-electron chi connectivity index (χ0n) is 15.9. The molecular formula is C21H28N2O3S. The van der Waals surface area contributed by atoms with E-state index < -0.39 is 0 Å². The molecule has 1 heterocycles. The third-order valence-corrected chi connectivity index (χ3v) is 6.17. The fourth-order valence-electron chi connectivity index (χ4n) is 3.56. The lowest BCUT2D eigenvalue weighted by molar-refractivity contribution is -0.112. The molecule has 1 aromatic rings. The molecule has 0 unspecified atom stereocenters. The van der Waals surface area contributed by atoms with Crippen molar-refractivity contribution in [2.45, 2.75) is 57.9 Å². The number of para-hydroxylation sites is 1. The van der Waals surface area contributed by atoms with Gasteiger partial charge in [-0.05, 0) is 31.9 Å². The van der Waals surface area contributed by atoms with Crippen LogP contribution in [0.1, 0.15) is 62.2 Å². The number of amides is 2. The molecule has 2 N–H and O–H groups in total. The molecule has 6 heteroatoms. The molecule has 146 valence electrons. The van der Waals surface area contributed by atoms with Crippen molar-refractivity contribution < 1.29 is 14.3 Å². The summed E-state index contributed by atoms with van der Waals surface area (Å²) in [4.78, 5) is 26.1. The van der Waals surface area contributed by atoms with Gasteiger partial charge in [0, 0.05) is 11.8 Å². The molecule has 1 aliphatic carbocycles. The van der Waals surface area contributed by atoms with Crippen LogP contribution in [0, 0.1) is 0 Å². The lowest BCUT2D eigenvalue weighted by Crippen LogP contribution is -2.35. The Kier molecular flexibility index (Phi) is 7.21. The van der Waals surface area contributed by atoms with Crippen LogP contribution >= 0.6 is 11.8 Å². The minimum Gasteiger partial charge on any atom is -0.496 e.